The number of benzene rings is 1. The largest absolute Gasteiger partial charge is 0.342 e. The molecule has 0 aliphatic carbocycles. The van der Waals surface area contributed by atoms with Crippen molar-refractivity contribution in [3.63, 3.8) is 0 Å². The molecule has 1 heterocycles. The van der Waals surface area contributed by atoms with E-state index < -0.39 is 23.6 Å². The number of carbonyl (C=O) groups excluding carboxylic acids is 1. The van der Waals surface area contributed by atoms with Crippen LogP contribution in [0.25, 0.3) is 0 Å². The normalized spacial score (nSPS) is 12.2. The molecule has 2 aromatic rings. The average Bonchev–Trinajstić information content (AvgIpc) is 2.87. The third-order valence-corrected chi connectivity index (χ3v) is 2.66. The van der Waals surface area contributed by atoms with E-state index in [-0.39, 0.29) is 16.4 Å². The minimum atomic E-state index is -1.15. The SMILES string of the molecule is CC(NC(=O)c1cc(F)c(F)cc1Cl)c1nn[nH]n1. The van der Waals surface area contributed by atoms with Crippen molar-refractivity contribution >= 4 is 17.5 Å². The fourth-order valence-corrected chi connectivity index (χ4v) is 1.62. The number of aromatic nitrogens is 4. The van der Waals surface area contributed by atoms with Gasteiger partial charge >= 0.3 is 0 Å². The zero-order valence-electron chi connectivity index (χ0n) is 9.62. The van der Waals surface area contributed by atoms with Crippen LogP contribution >= 0.6 is 11.6 Å². The van der Waals surface area contributed by atoms with Gasteiger partial charge in [0.2, 0.25) is 0 Å². The summed E-state index contributed by atoms with van der Waals surface area (Å²) in [5.41, 5.74) is -0.170. The van der Waals surface area contributed by atoms with Crippen molar-refractivity contribution in [2.75, 3.05) is 0 Å². The predicted molar refractivity (Wildman–Crippen MR) is 61.4 cm³/mol. The molecule has 19 heavy (non-hydrogen) atoms. The molecular formula is C10H8ClF2N5O. The quantitative estimate of drug-likeness (QED) is 0.840. The number of H-pyrrole nitrogens is 1. The lowest BCUT2D eigenvalue weighted by atomic mass is 10.2. The highest BCUT2D eigenvalue weighted by Crippen LogP contribution is 2.20. The first-order valence-electron chi connectivity index (χ1n) is 5.17. The minimum absolute atomic E-state index is 0.170. The van der Waals surface area contributed by atoms with Gasteiger partial charge in [0, 0.05) is 0 Å². The van der Waals surface area contributed by atoms with Crippen LogP contribution in [0.5, 0.6) is 0 Å². The molecule has 0 bridgehead atoms. The number of nitrogens with one attached hydrogen (secondary N) is 2. The van der Waals surface area contributed by atoms with Crippen LogP contribution in [0.2, 0.25) is 5.02 Å². The molecule has 6 nitrogen and oxygen atoms in total. The van der Waals surface area contributed by atoms with Crippen LogP contribution in [0.15, 0.2) is 12.1 Å². The second-order valence-corrected chi connectivity index (χ2v) is 4.12. The number of carbonyl (C=O) groups is 1. The number of tetrazole rings is 1. The van der Waals surface area contributed by atoms with Gasteiger partial charge in [-0.1, -0.05) is 16.8 Å². The van der Waals surface area contributed by atoms with Crippen molar-refractivity contribution in [2.45, 2.75) is 13.0 Å². The molecule has 1 unspecified atom stereocenters. The summed E-state index contributed by atoms with van der Waals surface area (Å²) >= 11 is 5.69. The number of nitrogens with zero attached hydrogens (tertiary/aromatic N) is 3. The van der Waals surface area contributed by atoms with Crippen LogP contribution in [-0.2, 0) is 0 Å². The van der Waals surface area contributed by atoms with Gasteiger partial charge in [0.1, 0.15) is 0 Å². The van der Waals surface area contributed by atoms with E-state index in [0.29, 0.717) is 0 Å². The lowest BCUT2D eigenvalue weighted by molar-refractivity contribution is 0.0938. The lowest BCUT2D eigenvalue weighted by Gasteiger charge is -2.11. The maximum absolute atomic E-state index is 13.1. The zero-order valence-corrected chi connectivity index (χ0v) is 10.4. The van der Waals surface area contributed by atoms with E-state index >= 15 is 0 Å². The van der Waals surface area contributed by atoms with Crippen molar-refractivity contribution in [1.29, 1.82) is 0 Å². The molecule has 1 aromatic heterocycles. The highest BCUT2D eigenvalue weighted by Gasteiger charge is 2.19. The molecule has 0 spiro atoms. The Kier molecular flexibility index (Phi) is 3.70. The summed E-state index contributed by atoms with van der Waals surface area (Å²) in [4.78, 5) is 11.9. The first-order chi connectivity index (χ1) is 8.99. The highest BCUT2D eigenvalue weighted by molar-refractivity contribution is 6.33. The Hall–Kier alpha value is -2.09. The molecule has 0 saturated heterocycles. The third-order valence-electron chi connectivity index (χ3n) is 2.35. The van der Waals surface area contributed by atoms with Crippen LogP contribution in [0, 0.1) is 11.6 Å². The molecule has 9 heteroatoms. The lowest BCUT2D eigenvalue weighted by Crippen LogP contribution is -2.27. The molecule has 2 rings (SSSR count). The monoisotopic (exact) mass is 287 g/mol. The number of rotatable bonds is 3. The summed E-state index contributed by atoms with van der Waals surface area (Å²) in [7, 11) is 0. The first-order valence-corrected chi connectivity index (χ1v) is 5.55. The van der Waals surface area contributed by atoms with Crippen LogP contribution in [0.3, 0.4) is 0 Å². The Bertz CT molecular complexity index is 604. The average molecular weight is 288 g/mol. The van der Waals surface area contributed by atoms with Crippen LogP contribution in [0.1, 0.15) is 29.1 Å². The summed E-state index contributed by atoms with van der Waals surface area (Å²) < 4.78 is 26.0. The van der Waals surface area contributed by atoms with Crippen LogP contribution < -0.4 is 5.32 Å². The molecule has 1 atom stereocenters. The highest BCUT2D eigenvalue weighted by atomic mass is 35.5. The standard InChI is InChI=1S/C10H8ClF2N5O/c1-4(9-15-17-18-16-9)14-10(19)5-2-7(12)8(13)3-6(5)11/h2-4H,1H3,(H,14,19)(H,15,16,17,18). The van der Waals surface area contributed by atoms with E-state index in [1.165, 1.54) is 0 Å². The van der Waals surface area contributed by atoms with E-state index in [1.807, 2.05) is 0 Å². The molecule has 0 saturated carbocycles. The van der Waals surface area contributed by atoms with E-state index in [1.54, 1.807) is 6.92 Å². The molecule has 1 aromatic carbocycles. The maximum Gasteiger partial charge on any atom is 0.253 e. The maximum atomic E-state index is 13.1. The van der Waals surface area contributed by atoms with Gasteiger partial charge < -0.3 is 5.32 Å². The molecule has 0 aliphatic rings. The Labute approximate surface area is 111 Å². The van der Waals surface area contributed by atoms with Crippen molar-refractivity contribution < 1.29 is 13.6 Å². The zero-order chi connectivity index (χ0) is 14.0. The number of hydrogen-bond donors (Lipinski definition) is 2. The summed E-state index contributed by atoms with van der Waals surface area (Å²) in [6, 6.07) is 0.913. The van der Waals surface area contributed by atoms with Crippen molar-refractivity contribution in [1.82, 2.24) is 25.9 Å². The molecule has 1 amide bonds. The molecule has 0 fully saturated rings. The van der Waals surface area contributed by atoms with Crippen LogP contribution in [-0.4, -0.2) is 26.5 Å². The molecule has 0 radical (unpaired) electrons. The summed E-state index contributed by atoms with van der Waals surface area (Å²) in [5, 5.41) is 15.3. The van der Waals surface area contributed by atoms with E-state index in [2.05, 4.69) is 25.9 Å². The molecule has 100 valence electrons. The molecule has 0 aliphatic heterocycles. The third kappa shape index (κ3) is 2.84. The van der Waals surface area contributed by atoms with Gasteiger partial charge in [0.05, 0.1) is 16.6 Å². The minimum Gasteiger partial charge on any atom is -0.342 e. The fourth-order valence-electron chi connectivity index (χ4n) is 1.39. The topological polar surface area (TPSA) is 83.6 Å². The van der Waals surface area contributed by atoms with Crippen molar-refractivity contribution in [3.05, 3.63) is 40.2 Å². The Morgan fingerprint density at radius 2 is 2.11 bits per heavy atom. The van der Waals surface area contributed by atoms with Gasteiger partial charge in [-0.3, -0.25) is 4.79 Å². The Balaban J connectivity index is 2.19. The van der Waals surface area contributed by atoms with E-state index in [4.69, 9.17) is 11.6 Å². The molecule has 2 N–H and O–H groups in total. The summed E-state index contributed by atoms with van der Waals surface area (Å²) in [5.74, 6) is -2.68. The van der Waals surface area contributed by atoms with Crippen molar-refractivity contribution in [2.24, 2.45) is 0 Å². The molecular weight excluding hydrogens is 280 g/mol. The van der Waals surface area contributed by atoms with E-state index in [9.17, 15) is 13.6 Å². The van der Waals surface area contributed by atoms with Gasteiger partial charge in [0.25, 0.3) is 5.91 Å². The van der Waals surface area contributed by atoms with Gasteiger partial charge in [-0.05, 0) is 19.1 Å². The van der Waals surface area contributed by atoms with Crippen molar-refractivity contribution in [3.8, 4) is 0 Å². The summed E-state index contributed by atoms with van der Waals surface area (Å²) in [6.45, 7) is 1.61. The smallest absolute Gasteiger partial charge is 0.253 e. The number of hydrogen-bond acceptors (Lipinski definition) is 4. The van der Waals surface area contributed by atoms with Crippen LogP contribution in [0.4, 0.5) is 8.78 Å². The second-order valence-electron chi connectivity index (χ2n) is 3.71. The first kappa shape index (κ1) is 13.3. The Morgan fingerprint density at radius 1 is 1.42 bits per heavy atom. The van der Waals surface area contributed by atoms with E-state index in [0.717, 1.165) is 12.1 Å². The number of aromatic amines is 1. The Morgan fingerprint density at radius 3 is 2.74 bits per heavy atom. The van der Waals surface area contributed by atoms with Gasteiger partial charge in [0.15, 0.2) is 17.5 Å². The number of amides is 1. The fraction of sp³-hybridized carbons (Fsp3) is 0.200. The number of halogens is 3. The van der Waals surface area contributed by atoms with Gasteiger partial charge in [-0.15, -0.1) is 10.2 Å². The van der Waals surface area contributed by atoms with Gasteiger partial charge in [-0.2, -0.15) is 5.21 Å². The second kappa shape index (κ2) is 5.27. The predicted octanol–water partition coefficient (Wildman–Crippen LogP) is 1.62. The summed E-state index contributed by atoms with van der Waals surface area (Å²) in [6.07, 6.45) is 0. The van der Waals surface area contributed by atoms with Gasteiger partial charge in [-0.25, -0.2) is 8.78 Å².